The lowest BCUT2D eigenvalue weighted by molar-refractivity contribution is 0.100. The molecule has 0 N–H and O–H groups in total. The van der Waals surface area contributed by atoms with Crippen molar-refractivity contribution in [2.75, 3.05) is 7.11 Å². The highest BCUT2D eigenvalue weighted by atomic mass is 79.9. The van der Waals surface area contributed by atoms with Crippen LogP contribution in [-0.2, 0) is 0 Å². The summed E-state index contributed by atoms with van der Waals surface area (Å²) in [6.45, 7) is 0. The molecule has 5 nitrogen and oxygen atoms in total. The third-order valence-electron chi connectivity index (χ3n) is 1.91. The van der Waals surface area contributed by atoms with Crippen molar-refractivity contribution in [3.05, 3.63) is 40.7 Å². The number of hydrogen-bond acceptors (Lipinski definition) is 5. The summed E-state index contributed by atoms with van der Waals surface area (Å²) in [7, 11) is 1.47. The number of halogens is 1. The van der Waals surface area contributed by atoms with E-state index in [1.807, 2.05) is 0 Å². The van der Waals surface area contributed by atoms with Crippen molar-refractivity contribution in [1.82, 2.24) is 9.97 Å². The average molecular weight is 283 g/mol. The highest BCUT2D eigenvalue weighted by Crippen LogP contribution is 2.21. The maximum absolute atomic E-state index is 11.9. The number of nitrogens with zero attached hydrogens (tertiary/aromatic N) is 2. The Bertz CT molecular complexity index is 524. The number of carbonyl (C=O) groups excluding carboxylic acids is 1. The van der Waals surface area contributed by atoms with E-state index < -0.39 is 0 Å². The summed E-state index contributed by atoms with van der Waals surface area (Å²) >= 11 is 3.21. The van der Waals surface area contributed by atoms with Gasteiger partial charge in [-0.1, -0.05) is 0 Å². The monoisotopic (exact) mass is 282 g/mol. The molecule has 2 heterocycles. The van der Waals surface area contributed by atoms with Crippen LogP contribution in [-0.4, -0.2) is 22.9 Å². The molecule has 0 aliphatic rings. The number of carbonyl (C=O) groups is 1. The van der Waals surface area contributed by atoms with Crippen LogP contribution in [0.2, 0.25) is 0 Å². The average Bonchev–Trinajstić information content (AvgIpc) is 2.74. The zero-order chi connectivity index (χ0) is 11.5. The first kappa shape index (κ1) is 10.8. The van der Waals surface area contributed by atoms with E-state index in [2.05, 4.69) is 25.9 Å². The lowest BCUT2D eigenvalue weighted by Crippen LogP contribution is -2.04. The third kappa shape index (κ3) is 1.96. The van der Waals surface area contributed by atoms with E-state index in [9.17, 15) is 4.79 Å². The Morgan fingerprint density at radius 2 is 2.31 bits per heavy atom. The second kappa shape index (κ2) is 4.44. The smallest absolute Gasteiger partial charge is 0.247 e. The summed E-state index contributed by atoms with van der Waals surface area (Å²) in [5.74, 6) is 0.222. The van der Waals surface area contributed by atoms with E-state index >= 15 is 0 Å². The summed E-state index contributed by atoms with van der Waals surface area (Å²) in [4.78, 5) is 19.6. The first-order valence-electron chi connectivity index (χ1n) is 4.36. The largest absolute Gasteiger partial charge is 0.481 e. The lowest BCUT2D eigenvalue weighted by atomic mass is 10.2. The van der Waals surface area contributed by atoms with E-state index in [0.717, 1.165) is 0 Å². The van der Waals surface area contributed by atoms with Crippen LogP contribution in [0.1, 0.15) is 16.2 Å². The van der Waals surface area contributed by atoms with E-state index in [-0.39, 0.29) is 17.2 Å². The van der Waals surface area contributed by atoms with Crippen LogP contribution in [0.5, 0.6) is 5.88 Å². The van der Waals surface area contributed by atoms with Crippen LogP contribution in [0.4, 0.5) is 0 Å². The van der Waals surface area contributed by atoms with Crippen molar-refractivity contribution in [3.63, 3.8) is 0 Å². The topological polar surface area (TPSA) is 65.2 Å². The van der Waals surface area contributed by atoms with Gasteiger partial charge in [-0.25, -0.2) is 9.97 Å². The predicted octanol–water partition coefficient (Wildman–Crippen LogP) is 2.07. The normalized spacial score (nSPS) is 10.1. The molecule has 2 aromatic rings. The Kier molecular flexibility index (Phi) is 3.00. The molecule has 0 amide bonds. The van der Waals surface area contributed by atoms with Crippen molar-refractivity contribution in [2.45, 2.75) is 0 Å². The molecule has 82 valence electrons. The first-order valence-corrected chi connectivity index (χ1v) is 5.15. The van der Waals surface area contributed by atoms with Crippen molar-refractivity contribution in [2.24, 2.45) is 0 Å². The highest BCUT2D eigenvalue weighted by Gasteiger charge is 2.18. The number of furan rings is 1. The minimum absolute atomic E-state index is 0.209. The predicted molar refractivity (Wildman–Crippen MR) is 58.4 cm³/mol. The Morgan fingerprint density at radius 3 is 2.94 bits per heavy atom. The molecule has 0 radical (unpaired) electrons. The van der Waals surface area contributed by atoms with Gasteiger partial charge in [-0.05, 0) is 22.0 Å². The Hall–Kier alpha value is -1.69. The minimum atomic E-state index is -0.322. The summed E-state index contributed by atoms with van der Waals surface area (Å²) < 4.78 is 10.6. The number of aromatic nitrogens is 2. The van der Waals surface area contributed by atoms with E-state index in [1.54, 1.807) is 6.07 Å². The molecule has 2 aromatic heterocycles. The van der Waals surface area contributed by atoms with Gasteiger partial charge in [0.05, 0.1) is 17.8 Å². The maximum atomic E-state index is 11.9. The third-order valence-corrected chi connectivity index (χ3v) is 2.53. The second-order valence-electron chi connectivity index (χ2n) is 2.87. The molecular weight excluding hydrogens is 276 g/mol. The van der Waals surface area contributed by atoms with Crippen molar-refractivity contribution in [1.29, 1.82) is 0 Å². The van der Waals surface area contributed by atoms with E-state index in [0.29, 0.717) is 10.4 Å². The number of methoxy groups -OCH3 is 1. The van der Waals surface area contributed by atoms with Crippen LogP contribution < -0.4 is 4.74 Å². The molecule has 0 saturated carbocycles. The second-order valence-corrected chi connectivity index (χ2v) is 3.73. The molecule has 0 aliphatic heterocycles. The minimum Gasteiger partial charge on any atom is -0.481 e. The summed E-state index contributed by atoms with van der Waals surface area (Å²) in [6, 6.07) is 3.10. The first-order chi connectivity index (χ1) is 7.72. The molecule has 0 unspecified atom stereocenters. The van der Waals surface area contributed by atoms with Gasteiger partial charge in [-0.2, -0.15) is 0 Å². The Balaban J connectivity index is 2.38. The molecule has 6 heteroatoms. The fourth-order valence-corrected chi connectivity index (χ4v) is 1.53. The molecule has 0 atom stereocenters. The number of hydrogen-bond donors (Lipinski definition) is 0. The number of ketones is 1. The maximum Gasteiger partial charge on any atom is 0.247 e. The van der Waals surface area contributed by atoms with Crippen molar-refractivity contribution >= 4 is 21.7 Å². The van der Waals surface area contributed by atoms with Gasteiger partial charge in [0, 0.05) is 6.07 Å². The van der Waals surface area contributed by atoms with Gasteiger partial charge < -0.3 is 9.15 Å². The summed E-state index contributed by atoms with van der Waals surface area (Å²) in [5, 5.41) is 0. The highest BCUT2D eigenvalue weighted by molar-refractivity contribution is 9.10. The Labute approximate surface area is 99.6 Å². The van der Waals surface area contributed by atoms with Crippen LogP contribution in [0, 0.1) is 0 Å². The molecule has 0 aliphatic carbocycles. The fourth-order valence-electron chi connectivity index (χ4n) is 1.15. The fraction of sp³-hybridized carbons (Fsp3) is 0.100. The van der Waals surface area contributed by atoms with Crippen molar-refractivity contribution in [3.8, 4) is 5.88 Å². The van der Waals surface area contributed by atoms with E-state index in [4.69, 9.17) is 9.15 Å². The van der Waals surface area contributed by atoms with Crippen LogP contribution in [0.3, 0.4) is 0 Å². The summed E-state index contributed by atoms with van der Waals surface area (Å²) in [6.07, 6.45) is 2.69. The molecular formula is C10H7BrN2O3. The lowest BCUT2D eigenvalue weighted by Gasteiger charge is -2.00. The molecule has 2 rings (SSSR count). The van der Waals surface area contributed by atoms with Gasteiger partial charge in [-0.15, -0.1) is 0 Å². The van der Waals surface area contributed by atoms with Crippen LogP contribution in [0.25, 0.3) is 0 Å². The molecule has 0 fully saturated rings. The van der Waals surface area contributed by atoms with Gasteiger partial charge in [0.15, 0.2) is 5.76 Å². The number of ether oxygens (including phenoxy) is 1. The molecule has 0 saturated heterocycles. The molecule has 0 spiro atoms. The van der Waals surface area contributed by atoms with Crippen molar-refractivity contribution < 1.29 is 13.9 Å². The Morgan fingerprint density at radius 1 is 1.50 bits per heavy atom. The van der Waals surface area contributed by atoms with Gasteiger partial charge in [0.25, 0.3) is 0 Å². The van der Waals surface area contributed by atoms with Gasteiger partial charge in [0.1, 0.15) is 12.0 Å². The standard InChI is InChI=1S/C10H7BrN2O3/c1-15-8-4-7(12-5-13-8)9(14)10-6(11)2-3-16-10/h2-5H,1H3. The van der Waals surface area contributed by atoms with E-state index in [1.165, 1.54) is 25.8 Å². The quantitative estimate of drug-likeness (QED) is 0.807. The summed E-state index contributed by atoms with van der Waals surface area (Å²) in [5.41, 5.74) is 0.225. The van der Waals surface area contributed by atoms with Gasteiger partial charge in [0.2, 0.25) is 11.7 Å². The zero-order valence-electron chi connectivity index (χ0n) is 8.31. The molecule has 0 aromatic carbocycles. The van der Waals surface area contributed by atoms with Crippen LogP contribution >= 0.6 is 15.9 Å². The molecule has 16 heavy (non-hydrogen) atoms. The zero-order valence-corrected chi connectivity index (χ0v) is 9.89. The SMILES string of the molecule is COc1cc(C(=O)c2occc2Br)ncn1. The van der Waals surface area contributed by atoms with Crippen LogP contribution in [0.15, 0.2) is 33.6 Å². The van der Waals surface area contributed by atoms with Gasteiger partial charge in [-0.3, -0.25) is 4.79 Å². The number of rotatable bonds is 3. The molecule has 0 bridgehead atoms. The van der Waals surface area contributed by atoms with Gasteiger partial charge >= 0.3 is 0 Å².